The Morgan fingerprint density at radius 1 is 0.204 bits per heavy atom. The molecular formula is C100H128O4S4. The summed E-state index contributed by atoms with van der Waals surface area (Å²) >= 11 is 6.10. The number of unbranched alkanes of at least 4 members (excludes halogenated alkanes) is 36. The molecule has 576 valence electrons. The Morgan fingerprint density at radius 3 is 0.565 bits per heavy atom. The van der Waals surface area contributed by atoms with E-state index in [0.29, 0.717) is 44.5 Å². The van der Waals surface area contributed by atoms with E-state index in [1.165, 1.54) is 300 Å². The number of aryl methyl sites for hydroxylation is 4. The fraction of sp³-hybridized carbons (Fsp3) is 0.480. The van der Waals surface area contributed by atoms with Crippen LogP contribution in [0.5, 0.6) is 0 Å². The van der Waals surface area contributed by atoms with E-state index < -0.39 is 0 Å². The number of rotatable bonds is 52. The minimum Gasteiger partial charge on any atom is -0.289 e. The van der Waals surface area contributed by atoms with Gasteiger partial charge in [0.15, 0.2) is 23.1 Å². The lowest BCUT2D eigenvalue weighted by Crippen LogP contribution is -2.10. The van der Waals surface area contributed by atoms with Crippen LogP contribution in [-0.4, -0.2) is 23.1 Å². The van der Waals surface area contributed by atoms with E-state index in [1.54, 1.807) is 0 Å². The first kappa shape index (κ1) is 85.8. The van der Waals surface area contributed by atoms with Crippen molar-refractivity contribution in [2.45, 2.75) is 349 Å². The minimum atomic E-state index is -0.129. The average molecular weight is 1520 g/mol. The Labute approximate surface area is 670 Å². The minimum absolute atomic E-state index is 0.129. The van der Waals surface area contributed by atoms with Crippen molar-refractivity contribution in [1.82, 2.24) is 0 Å². The molecule has 0 N–H and O–H groups in total. The molecule has 0 atom stereocenters. The highest BCUT2D eigenvalue weighted by Crippen LogP contribution is 2.46. The first-order valence-corrected chi connectivity index (χ1v) is 46.2. The third-order valence-corrected chi connectivity index (χ3v) is 26.0. The molecular weight excluding hydrogens is 1390 g/mol. The quantitative estimate of drug-likeness (QED) is 0.0276. The Morgan fingerprint density at radius 2 is 0.380 bits per heavy atom. The third-order valence-electron chi connectivity index (χ3n) is 21.8. The van der Waals surface area contributed by atoms with Crippen molar-refractivity contribution < 1.29 is 19.2 Å². The van der Waals surface area contributed by atoms with Crippen LogP contribution in [0.2, 0.25) is 0 Å². The number of hydrogen-bond donors (Lipinski definition) is 0. The first-order valence-electron chi connectivity index (χ1n) is 42.9. The Hall–Kier alpha value is -6.16. The summed E-state index contributed by atoms with van der Waals surface area (Å²) in [6.07, 6.45) is 55.5. The lowest BCUT2D eigenvalue weighted by molar-refractivity contribution is 0.102. The van der Waals surface area contributed by atoms with Gasteiger partial charge in [0.05, 0.1) is 0 Å². The van der Waals surface area contributed by atoms with Crippen molar-refractivity contribution in [2.75, 3.05) is 0 Å². The molecule has 4 nitrogen and oxygen atoms in total. The van der Waals surface area contributed by atoms with Crippen molar-refractivity contribution in [1.29, 1.82) is 0 Å². The molecule has 0 spiro atoms. The van der Waals surface area contributed by atoms with Gasteiger partial charge < -0.3 is 0 Å². The van der Waals surface area contributed by atoms with Crippen molar-refractivity contribution >= 4 is 70.2 Å². The van der Waals surface area contributed by atoms with Crippen LogP contribution in [0.25, 0.3) is 0 Å². The maximum Gasteiger partial charge on any atom is 0.194 e. The van der Waals surface area contributed by atoms with E-state index in [9.17, 15) is 0 Å². The molecule has 0 amide bonds. The summed E-state index contributed by atoms with van der Waals surface area (Å²) in [5.74, 6) is -0.514. The van der Waals surface area contributed by atoms with Crippen LogP contribution < -0.4 is 0 Å². The molecule has 0 fully saturated rings. The smallest absolute Gasteiger partial charge is 0.194 e. The van der Waals surface area contributed by atoms with E-state index in [-0.39, 0.29) is 23.1 Å². The summed E-state index contributed by atoms with van der Waals surface area (Å²) in [4.78, 5) is 68.6. The predicted octanol–water partition coefficient (Wildman–Crippen LogP) is 31.4. The van der Waals surface area contributed by atoms with E-state index in [4.69, 9.17) is 0 Å². The zero-order valence-corrected chi connectivity index (χ0v) is 69.8. The summed E-state index contributed by atoms with van der Waals surface area (Å²) in [6.45, 7) is 9.11. The lowest BCUT2D eigenvalue weighted by Gasteiger charge is -2.18. The van der Waals surface area contributed by atoms with Gasteiger partial charge in [-0.1, -0.05) is 415 Å². The largest absolute Gasteiger partial charge is 0.289 e. The van der Waals surface area contributed by atoms with E-state index in [2.05, 4.69) is 125 Å². The highest BCUT2D eigenvalue weighted by atomic mass is 32.2. The van der Waals surface area contributed by atoms with Crippen molar-refractivity contribution in [3.05, 3.63) is 237 Å². The zero-order valence-electron chi connectivity index (χ0n) is 66.5. The van der Waals surface area contributed by atoms with E-state index in [0.717, 1.165) is 90.5 Å². The fourth-order valence-electron chi connectivity index (χ4n) is 15.1. The molecule has 9 rings (SSSR count). The Balaban J connectivity index is 1.02. The van der Waals surface area contributed by atoms with Crippen LogP contribution in [0.1, 0.15) is 370 Å². The SMILES string of the molecule is CCCCCCCCCCCCc1ccc(C(=O)c2cc(C(=O)c3ccc(CCCCCCCCCCCC)cc3)c3cc2Sc2cccc(c2)Sc2cc(c(C(=O)c4ccc(CCCCCCCCCCCC)cc4)cc2C(=O)c2ccc(CCCCCCCCCCCC)cc2)Sc2cccc(c2)S3)cc1. The van der Waals surface area contributed by atoms with Gasteiger partial charge in [0, 0.05) is 83.7 Å². The molecule has 8 heteroatoms. The number of carbonyl (C=O) groups is 4. The van der Waals surface area contributed by atoms with Crippen LogP contribution in [-0.2, 0) is 25.7 Å². The maximum absolute atomic E-state index is 15.5. The number of ketones is 4. The molecule has 0 saturated heterocycles. The van der Waals surface area contributed by atoms with Gasteiger partial charge in [-0.05, 0) is 134 Å². The molecule has 8 bridgehead atoms. The molecule has 1 aliphatic rings. The standard InChI is InChI=1S/C100H128O4S4/c1-5-9-13-17-21-25-29-33-37-41-47-77-55-63-81(64-56-77)97(101)89-73-90(98(102)82-65-57-78(58-66-82)48-42-38-34-30-26-22-18-14-10-6-2)94-75-93(89)105-85-51-45-52-86(71-85)107-95-76-96(108-88-54-46-53-87(72-88)106-94)92(100(104)84-69-61-80(62-70-84)50-44-40-36-32-28-24-20-16-12-8-4)74-91(95)99(103)83-67-59-79(60-68-83)49-43-39-35-31-27-23-19-15-11-7-3/h45-46,51-76H,5-44,47-50H2,1-4H3. The third kappa shape index (κ3) is 29.5. The number of hydrogen-bond acceptors (Lipinski definition) is 8. The van der Waals surface area contributed by atoms with Gasteiger partial charge in [0.2, 0.25) is 0 Å². The molecule has 0 unspecified atom stereocenters. The maximum atomic E-state index is 15.5. The second kappa shape index (κ2) is 50.0. The molecule has 1 heterocycles. The molecule has 0 aromatic heterocycles. The van der Waals surface area contributed by atoms with Gasteiger partial charge >= 0.3 is 0 Å². The van der Waals surface area contributed by atoms with Crippen molar-refractivity contribution in [2.24, 2.45) is 0 Å². The molecule has 8 aromatic carbocycles. The molecule has 8 aromatic rings. The van der Waals surface area contributed by atoms with Crippen LogP contribution in [0.15, 0.2) is 209 Å². The average Bonchev–Trinajstić information content (AvgIpc) is 0.780. The van der Waals surface area contributed by atoms with E-state index in [1.807, 2.05) is 72.8 Å². The number of carbonyl (C=O) groups excluding carboxylic acids is 4. The molecule has 0 radical (unpaired) electrons. The number of fused-ring (bicyclic) bond motifs is 8. The molecule has 1 aliphatic heterocycles. The highest BCUT2D eigenvalue weighted by molar-refractivity contribution is 8.01. The summed E-state index contributed by atoms with van der Waals surface area (Å²) in [5, 5.41) is 0. The topological polar surface area (TPSA) is 68.3 Å². The molecule has 108 heavy (non-hydrogen) atoms. The number of benzene rings is 8. The summed E-state index contributed by atoms with van der Waals surface area (Å²) < 4.78 is 0. The van der Waals surface area contributed by atoms with Gasteiger partial charge in [0.25, 0.3) is 0 Å². The van der Waals surface area contributed by atoms with Gasteiger partial charge in [0.1, 0.15) is 0 Å². The van der Waals surface area contributed by atoms with E-state index >= 15 is 19.2 Å². The lowest BCUT2D eigenvalue weighted by atomic mass is 9.95. The second-order valence-corrected chi connectivity index (χ2v) is 35.3. The van der Waals surface area contributed by atoms with Gasteiger partial charge in [-0.25, -0.2) is 0 Å². The summed E-state index contributed by atoms with van der Waals surface area (Å²) in [5.41, 5.74) is 9.19. The monoisotopic (exact) mass is 1520 g/mol. The van der Waals surface area contributed by atoms with Crippen LogP contribution >= 0.6 is 47.0 Å². The summed E-state index contributed by atoms with van der Waals surface area (Å²) in [6, 6.07) is 57.4. The van der Waals surface area contributed by atoms with Crippen molar-refractivity contribution in [3.8, 4) is 0 Å². The van der Waals surface area contributed by atoms with Crippen LogP contribution in [0.4, 0.5) is 0 Å². The second-order valence-electron chi connectivity index (χ2n) is 30.9. The Kier molecular flexibility index (Phi) is 39.7. The van der Waals surface area contributed by atoms with Crippen molar-refractivity contribution in [3.63, 3.8) is 0 Å². The van der Waals surface area contributed by atoms with Gasteiger partial charge in [-0.2, -0.15) is 0 Å². The van der Waals surface area contributed by atoms with Gasteiger partial charge in [-0.3, -0.25) is 19.2 Å². The normalized spacial score (nSPS) is 12.0. The highest BCUT2D eigenvalue weighted by Gasteiger charge is 2.27. The zero-order chi connectivity index (χ0) is 75.6. The van der Waals surface area contributed by atoms with Crippen LogP contribution in [0, 0.1) is 0 Å². The Bertz CT molecular complexity index is 3460. The van der Waals surface area contributed by atoms with Gasteiger partial charge in [-0.15, -0.1) is 0 Å². The fourth-order valence-corrected chi connectivity index (χ4v) is 19.5. The first-order chi connectivity index (χ1) is 53.1. The molecule has 0 saturated carbocycles. The summed E-state index contributed by atoms with van der Waals surface area (Å²) in [7, 11) is 0. The molecule has 0 aliphatic carbocycles. The van der Waals surface area contributed by atoms with Crippen LogP contribution in [0.3, 0.4) is 0 Å². The predicted molar refractivity (Wildman–Crippen MR) is 464 cm³/mol.